The van der Waals surface area contributed by atoms with E-state index >= 15 is 211 Å². The van der Waals surface area contributed by atoms with Gasteiger partial charge in [-0.2, -0.15) is 9.58 Å². The van der Waals surface area contributed by atoms with Crippen LogP contribution in [0.1, 0.15) is 0 Å². The van der Waals surface area contributed by atoms with Crippen molar-refractivity contribution in [1.82, 2.24) is 19.5 Å². The van der Waals surface area contributed by atoms with Crippen LogP contribution < -0.4 is 0 Å². The van der Waals surface area contributed by atoms with Gasteiger partial charge in [0, 0.05) is 77.2 Å². The molecule has 0 spiro atoms. The van der Waals surface area contributed by atoms with Gasteiger partial charge in [0.05, 0.1) is 50.1 Å². The molecule has 52 heteroatoms. The van der Waals surface area contributed by atoms with Gasteiger partial charge in [0.25, 0.3) is 0 Å². The van der Waals surface area contributed by atoms with Crippen molar-refractivity contribution >= 4 is 43.6 Å². The van der Waals surface area contributed by atoms with Gasteiger partial charge in [-0.25, -0.2) is 212 Å². The van der Waals surface area contributed by atoms with Crippen molar-refractivity contribution in [2.24, 2.45) is 0 Å². The fourth-order valence-corrected chi connectivity index (χ4v) is 15.9. The van der Waals surface area contributed by atoms with Crippen LogP contribution in [0.15, 0.2) is 36.4 Å². The molecule has 0 fully saturated rings. The van der Waals surface area contributed by atoms with E-state index < -0.39 is 467 Å². The van der Waals surface area contributed by atoms with Crippen molar-refractivity contribution in [1.29, 1.82) is 0 Å². The molecular weight excluding hydrogens is 1980 g/mol. The number of nitrogens with zero attached hydrogens (tertiary/aromatic N) is 4. The Morgan fingerprint density at radius 3 is 0.610 bits per heavy atom. The molecule has 0 saturated heterocycles. The van der Waals surface area contributed by atoms with E-state index in [1.54, 1.807) is 0 Å². The zero-order valence-electron chi connectivity index (χ0n) is 62.4. The molecular formula is C84H6F48N4. The minimum Gasteiger partial charge on any atom is -0.241 e. The topological polar surface area (TPSA) is 35.6 Å². The van der Waals surface area contributed by atoms with Gasteiger partial charge in [0.15, 0.2) is 221 Å². The van der Waals surface area contributed by atoms with E-state index in [0.717, 1.165) is 0 Å². The third-order valence-electron chi connectivity index (χ3n) is 21.6. The third kappa shape index (κ3) is 11.9. The van der Waals surface area contributed by atoms with Crippen LogP contribution in [-0.4, -0.2) is 19.5 Å². The largest absolute Gasteiger partial charge is 0.241 e. The minimum absolute atomic E-state index is 0.157. The molecule has 3 aromatic heterocycles. The Morgan fingerprint density at radius 2 is 0.316 bits per heavy atom. The lowest BCUT2D eigenvalue weighted by atomic mass is 9.77. The average molecular weight is 1980 g/mol. The Labute approximate surface area is 710 Å². The lowest BCUT2D eigenvalue weighted by molar-refractivity contribution is 0.379. The molecule has 0 aliphatic carbocycles. The van der Waals surface area contributed by atoms with Gasteiger partial charge in [-0.05, 0) is 5.56 Å². The number of aromatic nitrogens is 4. The van der Waals surface area contributed by atoms with Crippen LogP contribution in [0.2, 0.25) is 0 Å². The summed E-state index contributed by atoms with van der Waals surface area (Å²) >= 11 is 0. The predicted molar refractivity (Wildman–Crippen MR) is 367 cm³/mol. The highest BCUT2D eigenvalue weighted by Gasteiger charge is 2.50. The number of halogens is 48. The standard InChI is InChI=1S/C84H6F48N4/c85-31-13(32(86)50(104)65(119)49(31)103)9-5-6-10-12(11(9)23-34(88)51(105)66(120)52(106)35(23)89)78-75(129)83-21-16(26-40(94)57(111)69(123)58(112)41(26)95)14(24-36(90)53(107)67(121)54(108)37(24)91)15(25-38(92)55(109)68(122)56(110)39(25)93)17(27-42(96)59(113)70(124)60(114)43(27)97)22(21)84(136(83)132)76(130)79-20-18(28-44(98)61(115)71(125)62(116)45(28)99)19(29-46(100)63(117)72(126)64(118)47(29)101)33(87)48(102)30(20)80(134-79)74(128)82-8-4-2-1-3-7(8)81(135(82)131)73(127)77(10)133-78/h1-6H. The van der Waals surface area contributed by atoms with Crippen molar-refractivity contribution in [3.63, 3.8) is 0 Å². The van der Waals surface area contributed by atoms with Crippen LogP contribution >= 0.6 is 0 Å². The van der Waals surface area contributed by atoms with E-state index in [0.29, 0.717) is 12.1 Å². The van der Waals surface area contributed by atoms with Gasteiger partial charge in [-0.3, -0.25) is 0 Å². The van der Waals surface area contributed by atoms with Crippen LogP contribution in [0.4, 0.5) is 211 Å². The number of hydrogen-bond acceptors (Lipinski definition) is 2. The van der Waals surface area contributed by atoms with Gasteiger partial charge >= 0.3 is 0 Å². The molecule has 0 saturated carbocycles. The van der Waals surface area contributed by atoms with E-state index in [-0.39, 0.29) is 12.1 Å². The molecule has 0 N–H and O–H groups in total. The van der Waals surface area contributed by atoms with Gasteiger partial charge in [-0.1, -0.05) is 45.4 Å². The molecule has 136 heavy (non-hydrogen) atoms. The van der Waals surface area contributed by atoms with Crippen LogP contribution in [0.25, 0.3) is 178 Å². The molecule has 0 unspecified atom stereocenters. The lowest BCUT2D eigenvalue weighted by Gasteiger charge is -2.25. The van der Waals surface area contributed by atoms with Crippen molar-refractivity contribution in [3.8, 4) is 134 Å². The monoisotopic (exact) mass is 1980 g/mol. The SMILES string of the molecule is Fc1c(F)c(F)c(-c2ccc3c(c2-c2c(F)c(F)c(F)c(F)c2F)-c2nc-3c(F)c3c4ccccc4c(c(F)c4nc(c(F)c5c6c(-c7c(F)c(F)c(F)c(F)c7F)c(-c7c(F)c(F)c(F)c(F)c7F)c(-c7c(F)c(F)c(F)c(F)c7F)c(-c7c(F)c(F)c(F)c(F)c7F)c6c(c2F)n5F)-c2c-4c(F)c(F)c(-c4c(F)c(F)c(F)c(F)c4F)c2-c2c(F)c(F)c(F)c(F)c2F)n3F)c(F)c1F. The Balaban J connectivity index is 1.37. The van der Waals surface area contributed by atoms with Crippen molar-refractivity contribution in [3.05, 3.63) is 304 Å². The molecule has 5 heterocycles. The van der Waals surface area contributed by atoms with Crippen molar-refractivity contribution < 1.29 is 211 Å². The van der Waals surface area contributed by atoms with E-state index in [9.17, 15) is 0 Å². The number of hydrogen-bond donors (Lipinski definition) is 0. The fraction of sp³-hybridized carbons (Fsp3) is 0. The molecule has 4 nitrogen and oxygen atoms in total. The van der Waals surface area contributed by atoms with Crippen LogP contribution in [0, 0.1) is 268 Å². The smallest absolute Gasteiger partial charge is 0.200 e. The highest BCUT2D eigenvalue weighted by Crippen LogP contribution is 2.63. The molecule has 0 atom stereocenters. The Hall–Kier alpha value is -15.1. The summed E-state index contributed by atoms with van der Waals surface area (Å²) in [5.74, 6) is -179. The summed E-state index contributed by atoms with van der Waals surface area (Å²) < 4.78 is 822. The van der Waals surface area contributed by atoms with Gasteiger partial charge in [0.1, 0.15) is 44.8 Å². The maximum absolute atomic E-state index is 20.8. The Bertz CT molecular complexity index is 8210. The molecule has 2 aliphatic rings. The Kier molecular flexibility index (Phi) is 21.3. The second-order valence-electron chi connectivity index (χ2n) is 28.2. The molecule has 0 amide bonds. The third-order valence-corrected chi connectivity index (χ3v) is 21.6. The summed E-state index contributed by atoms with van der Waals surface area (Å²) in [6.07, 6.45) is 0. The molecule has 2 aliphatic heterocycles. The number of rotatable bonds is 8. The van der Waals surface area contributed by atoms with Crippen molar-refractivity contribution in [2.45, 2.75) is 0 Å². The van der Waals surface area contributed by atoms with E-state index in [1.165, 1.54) is 0 Å². The molecule has 698 valence electrons. The summed E-state index contributed by atoms with van der Waals surface area (Å²) in [5.41, 5.74) is -97.4. The summed E-state index contributed by atoms with van der Waals surface area (Å²) in [6, 6.07) is 0.240. The molecule has 8 bridgehead atoms. The summed E-state index contributed by atoms with van der Waals surface area (Å²) in [5, 5.41) is -11.3. The number of fused-ring (bicyclic) bond motifs is 20. The predicted octanol–water partition coefficient (Wildman–Crippen LogP) is 29.4. The van der Waals surface area contributed by atoms with Crippen LogP contribution in [0.3, 0.4) is 0 Å². The molecule has 15 aromatic rings. The first-order valence-corrected chi connectivity index (χ1v) is 35.3. The van der Waals surface area contributed by atoms with Crippen LogP contribution in [0.5, 0.6) is 0 Å². The zero-order valence-corrected chi connectivity index (χ0v) is 62.4. The van der Waals surface area contributed by atoms with E-state index in [1.807, 2.05) is 0 Å². The lowest BCUT2D eigenvalue weighted by Crippen LogP contribution is -2.12. The fourth-order valence-electron chi connectivity index (χ4n) is 15.9. The first kappa shape index (κ1) is 92.8. The number of benzene rings is 12. The summed E-state index contributed by atoms with van der Waals surface area (Å²) in [6.45, 7) is 0. The molecule has 12 aromatic carbocycles. The highest BCUT2D eigenvalue weighted by atomic mass is 19.2. The molecule has 17 rings (SSSR count). The van der Waals surface area contributed by atoms with E-state index in [2.05, 4.69) is 9.97 Å². The second-order valence-corrected chi connectivity index (χ2v) is 28.2. The quantitative estimate of drug-likeness (QED) is 0.0863. The van der Waals surface area contributed by atoms with Crippen LogP contribution in [-0.2, 0) is 0 Å². The first-order valence-electron chi connectivity index (χ1n) is 35.3. The first-order chi connectivity index (χ1) is 63.6. The molecule has 0 radical (unpaired) electrons. The zero-order chi connectivity index (χ0) is 99.8. The maximum Gasteiger partial charge on any atom is 0.200 e. The average Bonchev–Trinajstić information content (AvgIpc) is 1.47. The van der Waals surface area contributed by atoms with Gasteiger partial charge in [-0.15, -0.1) is 0 Å². The Morgan fingerprint density at radius 1 is 0.132 bits per heavy atom. The minimum atomic E-state index is -4.46. The van der Waals surface area contributed by atoms with Gasteiger partial charge < -0.3 is 0 Å². The maximum atomic E-state index is 20.8. The van der Waals surface area contributed by atoms with Gasteiger partial charge in [0.2, 0.25) is 46.5 Å². The van der Waals surface area contributed by atoms with Crippen molar-refractivity contribution in [2.75, 3.05) is 0 Å². The van der Waals surface area contributed by atoms with E-state index in [4.69, 9.17) is 0 Å². The summed E-state index contributed by atoms with van der Waals surface area (Å²) in [7, 11) is 0. The second kappa shape index (κ2) is 31.3. The summed E-state index contributed by atoms with van der Waals surface area (Å²) in [4.78, 5) is 1.55. The normalized spacial score (nSPS) is 12.1. The highest BCUT2D eigenvalue weighted by molar-refractivity contribution is 6.29.